The monoisotopic (exact) mass is 381 g/mol. The highest BCUT2D eigenvalue weighted by Crippen LogP contribution is 2.23. The number of hydrogen-bond donors (Lipinski definition) is 1. The Hall–Kier alpha value is -2.65. The first-order chi connectivity index (χ1) is 13.3. The van der Waals surface area contributed by atoms with Crippen LogP contribution in [0.2, 0.25) is 5.02 Å². The van der Waals surface area contributed by atoms with E-state index >= 15 is 0 Å². The van der Waals surface area contributed by atoms with Crippen LogP contribution in [0.5, 0.6) is 11.5 Å². The largest absolute Gasteiger partial charge is 0.494 e. The summed E-state index contributed by atoms with van der Waals surface area (Å²) in [6.07, 6.45) is 2.04. The standard InChI is InChI=1S/C23H24ClNO2/c24-22-10-4-5-11-23(22)27-18-16-25-20-12-14-21(15-13-20)26-17-6-9-19-7-2-1-3-8-19/h1-5,7-8,10-15,25H,6,9,16-18H2. The van der Waals surface area contributed by atoms with E-state index in [1.807, 2.05) is 54.6 Å². The van der Waals surface area contributed by atoms with Gasteiger partial charge in [-0.05, 0) is 54.8 Å². The molecule has 0 amide bonds. The van der Waals surface area contributed by atoms with E-state index in [1.54, 1.807) is 0 Å². The smallest absolute Gasteiger partial charge is 0.137 e. The van der Waals surface area contributed by atoms with Gasteiger partial charge >= 0.3 is 0 Å². The highest BCUT2D eigenvalue weighted by atomic mass is 35.5. The topological polar surface area (TPSA) is 30.5 Å². The van der Waals surface area contributed by atoms with Gasteiger partial charge in [0, 0.05) is 12.2 Å². The molecule has 140 valence electrons. The predicted octanol–water partition coefficient (Wildman–Crippen LogP) is 5.84. The van der Waals surface area contributed by atoms with Crippen molar-refractivity contribution in [3.63, 3.8) is 0 Å². The molecular weight excluding hydrogens is 358 g/mol. The summed E-state index contributed by atoms with van der Waals surface area (Å²) < 4.78 is 11.5. The van der Waals surface area contributed by atoms with Crippen LogP contribution < -0.4 is 14.8 Å². The lowest BCUT2D eigenvalue weighted by Gasteiger charge is -2.11. The molecule has 3 nitrogen and oxygen atoms in total. The third-order valence-electron chi connectivity index (χ3n) is 4.10. The SMILES string of the molecule is Clc1ccccc1OCCNc1ccc(OCCCc2ccccc2)cc1. The minimum atomic E-state index is 0.543. The van der Waals surface area contributed by atoms with Crippen molar-refractivity contribution in [3.05, 3.63) is 89.4 Å². The fourth-order valence-corrected chi connectivity index (χ4v) is 2.89. The first kappa shape index (κ1) is 19.1. The molecule has 4 heteroatoms. The number of halogens is 1. The van der Waals surface area contributed by atoms with Crippen molar-refractivity contribution in [1.82, 2.24) is 0 Å². The molecule has 0 aliphatic heterocycles. The van der Waals surface area contributed by atoms with Crippen LogP contribution in [0.4, 0.5) is 5.69 Å². The zero-order chi connectivity index (χ0) is 18.7. The molecule has 1 N–H and O–H groups in total. The van der Waals surface area contributed by atoms with Crippen molar-refractivity contribution < 1.29 is 9.47 Å². The Labute approximate surface area is 165 Å². The van der Waals surface area contributed by atoms with Gasteiger partial charge in [0.2, 0.25) is 0 Å². The van der Waals surface area contributed by atoms with Gasteiger partial charge in [-0.3, -0.25) is 0 Å². The zero-order valence-corrected chi connectivity index (χ0v) is 16.0. The predicted molar refractivity (Wildman–Crippen MR) is 112 cm³/mol. The molecule has 0 saturated heterocycles. The lowest BCUT2D eigenvalue weighted by molar-refractivity contribution is 0.311. The molecule has 0 aliphatic rings. The Kier molecular flexibility index (Phi) is 7.43. The third-order valence-corrected chi connectivity index (χ3v) is 4.41. The van der Waals surface area contributed by atoms with Crippen LogP contribution in [-0.2, 0) is 6.42 Å². The minimum Gasteiger partial charge on any atom is -0.494 e. The quantitative estimate of drug-likeness (QED) is 0.447. The molecule has 0 aromatic heterocycles. The van der Waals surface area contributed by atoms with E-state index in [9.17, 15) is 0 Å². The number of benzene rings is 3. The second-order valence-corrected chi connectivity index (χ2v) is 6.57. The van der Waals surface area contributed by atoms with E-state index < -0.39 is 0 Å². The fourth-order valence-electron chi connectivity index (χ4n) is 2.70. The molecule has 3 rings (SSSR count). The summed E-state index contributed by atoms with van der Waals surface area (Å²) in [7, 11) is 0. The summed E-state index contributed by atoms with van der Waals surface area (Å²) in [6.45, 7) is 1.96. The molecule has 0 fully saturated rings. The summed E-state index contributed by atoms with van der Waals surface area (Å²) in [6, 6.07) is 26.0. The maximum Gasteiger partial charge on any atom is 0.137 e. The van der Waals surface area contributed by atoms with E-state index in [4.69, 9.17) is 21.1 Å². The summed E-state index contributed by atoms with van der Waals surface area (Å²) in [5.41, 5.74) is 2.38. The van der Waals surface area contributed by atoms with Gasteiger partial charge in [-0.2, -0.15) is 0 Å². The average molecular weight is 382 g/mol. The Morgan fingerprint density at radius 1 is 0.741 bits per heavy atom. The van der Waals surface area contributed by atoms with Crippen LogP contribution in [0, 0.1) is 0 Å². The Bertz CT molecular complexity index is 806. The van der Waals surface area contributed by atoms with Gasteiger partial charge in [-0.1, -0.05) is 54.1 Å². The van der Waals surface area contributed by atoms with E-state index in [0.717, 1.165) is 24.3 Å². The second kappa shape index (κ2) is 10.5. The molecule has 27 heavy (non-hydrogen) atoms. The van der Waals surface area contributed by atoms with Crippen LogP contribution in [0.15, 0.2) is 78.9 Å². The third kappa shape index (κ3) is 6.54. The van der Waals surface area contributed by atoms with Crippen LogP contribution in [0.25, 0.3) is 0 Å². The van der Waals surface area contributed by atoms with E-state index in [2.05, 4.69) is 29.6 Å². The molecule has 0 bridgehead atoms. The number of rotatable bonds is 10. The normalized spacial score (nSPS) is 10.4. The van der Waals surface area contributed by atoms with Gasteiger partial charge in [0.25, 0.3) is 0 Å². The maximum absolute atomic E-state index is 6.07. The highest BCUT2D eigenvalue weighted by Gasteiger charge is 2.00. The lowest BCUT2D eigenvalue weighted by atomic mass is 10.1. The first-order valence-corrected chi connectivity index (χ1v) is 9.57. The summed E-state index contributed by atoms with van der Waals surface area (Å²) in [5, 5.41) is 3.96. The Balaban J connectivity index is 1.33. The van der Waals surface area contributed by atoms with Crippen molar-refractivity contribution in [2.45, 2.75) is 12.8 Å². The minimum absolute atomic E-state index is 0.543. The lowest BCUT2D eigenvalue weighted by Crippen LogP contribution is -2.11. The number of ether oxygens (including phenoxy) is 2. The molecule has 3 aromatic carbocycles. The highest BCUT2D eigenvalue weighted by molar-refractivity contribution is 6.32. The van der Waals surface area contributed by atoms with Crippen molar-refractivity contribution >= 4 is 17.3 Å². The molecule has 0 aliphatic carbocycles. The van der Waals surface area contributed by atoms with E-state index in [-0.39, 0.29) is 0 Å². The van der Waals surface area contributed by atoms with Crippen LogP contribution >= 0.6 is 11.6 Å². The number of para-hydroxylation sites is 1. The summed E-state index contributed by atoms with van der Waals surface area (Å²) in [4.78, 5) is 0. The van der Waals surface area contributed by atoms with Crippen molar-refractivity contribution in [2.24, 2.45) is 0 Å². The molecule has 3 aromatic rings. The molecule has 0 unspecified atom stereocenters. The van der Waals surface area contributed by atoms with Gasteiger partial charge in [0.05, 0.1) is 11.6 Å². The molecule has 0 radical (unpaired) electrons. The Morgan fingerprint density at radius 2 is 1.48 bits per heavy atom. The van der Waals surface area contributed by atoms with E-state index in [0.29, 0.717) is 30.5 Å². The van der Waals surface area contributed by atoms with Gasteiger partial charge in [0.1, 0.15) is 18.1 Å². The maximum atomic E-state index is 6.07. The number of anilines is 1. The van der Waals surface area contributed by atoms with Crippen LogP contribution in [0.1, 0.15) is 12.0 Å². The molecular formula is C23H24ClNO2. The van der Waals surface area contributed by atoms with Crippen molar-refractivity contribution in [2.75, 3.05) is 25.1 Å². The van der Waals surface area contributed by atoms with Gasteiger partial charge in [0.15, 0.2) is 0 Å². The number of aryl methyl sites for hydroxylation is 1. The van der Waals surface area contributed by atoms with E-state index in [1.165, 1.54) is 5.56 Å². The molecule has 0 saturated carbocycles. The number of nitrogens with one attached hydrogen (secondary N) is 1. The van der Waals surface area contributed by atoms with Crippen molar-refractivity contribution in [1.29, 1.82) is 0 Å². The van der Waals surface area contributed by atoms with Crippen LogP contribution in [0.3, 0.4) is 0 Å². The van der Waals surface area contributed by atoms with Gasteiger partial charge < -0.3 is 14.8 Å². The zero-order valence-electron chi connectivity index (χ0n) is 15.2. The fraction of sp³-hybridized carbons (Fsp3) is 0.217. The summed E-state index contributed by atoms with van der Waals surface area (Å²) >= 11 is 6.07. The van der Waals surface area contributed by atoms with Gasteiger partial charge in [-0.15, -0.1) is 0 Å². The first-order valence-electron chi connectivity index (χ1n) is 9.19. The molecule has 0 atom stereocenters. The van der Waals surface area contributed by atoms with Gasteiger partial charge in [-0.25, -0.2) is 0 Å². The Morgan fingerprint density at radius 3 is 2.26 bits per heavy atom. The summed E-state index contributed by atoms with van der Waals surface area (Å²) in [5.74, 6) is 1.60. The van der Waals surface area contributed by atoms with Crippen LogP contribution in [-0.4, -0.2) is 19.8 Å². The average Bonchev–Trinajstić information content (AvgIpc) is 2.71. The van der Waals surface area contributed by atoms with Crippen molar-refractivity contribution in [3.8, 4) is 11.5 Å². The second-order valence-electron chi connectivity index (χ2n) is 6.17. The number of hydrogen-bond acceptors (Lipinski definition) is 3. The molecule has 0 heterocycles. The molecule has 0 spiro atoms.